The fraction of sp³-hybridized carbons (Fsp3) is 0.955. The highest BCUT2D eigenvalue weighted by Gasteiger charge is 2.38. The summed E-state index contributed by atoms with van der Waals surface area (Å²) in [5, 5.41) is 0.709. The third-order valence-electron chi connectivity index (χ3n) is 6.16. The van der Waals surface area contributed by atoms with Crippen molar-refractivity contribution in [3.05, 3.63) is 0 Å². The molecule has 0 saturated heterocycles. The Morgan fingerprint density at radius 2 is 1.44 bits per heavy atom. The molecule has 0 aromatic heterocycles. The molecule has 0 heterocycles. The minimum absolute atomic E-state index is 0.248. The highest BCUT2D eigenvalue weighted by Crippen LogP contribution is 2.51. The average molecular weight is 377 g/mol. The first-order valence-electron chi connectivity index (χ1n) is 11.0. The van der Waals surface area contributed by atoms with E-state index in [4.69, 9.17) is 10.5 Å². The molecule has 1 rings (SSSR count). The van der Waals surface area contributed by atoms with E-state index in [9.17, 15) is 4.79 Å². The molecular weight excluding hydrogens is 332 g/mol. The van der Waals surface area contributed by atoms with Crippen molar-refractivity contribution in [1.82, 2.24) is 0 Å². The molecule has 0 aliphatic heterocycles. The fourth-order valence-electron chi connectivity index (χ4n) is 4.14. The van der Waals surface area contributed by atoms with E-state index in [0.717, 1.165) is 18.1 Å². The van der Waals surface area contributed by atoms with Crippen LogP contribution in [0.15, 0.2) is 0 Å². The third kappa shape index (κ3) is 9.65. The van der Waals surface area contributed by atoms with Gasteiger partial charge in [-0.05, 0) is 19.8 Å². The Labute approximate surface area is 170 Å². The minimum atomic E-state index is -0.720. The lowest BCUT2D eigenvalue weighted by molar-refractivity contribution is -0.128. The molecule has 3 nitrogen and oxygen atoms in total. The Balaban J connectivity index is 2.37. The summed E-state index contributed by atoms with van der Waals surface area (Å²) in [6, 6.07) is 0. The van der Waals surface area contributed by atoms with Crippen molar-refractivity contribution < 1.29 is 9.53 Å². The first-order chi connectivity index (χ1) is 12.0. The number of ketones is 1. The number of Topliss-reactive ketones (excluding diaryl/α,β-unsaturated/α-hetero) is 1. The summed E-state index contributed by atoms with van der Waals surface area (Å²) in [6.07, 6.45) is 4.87. The van der Waals surface area contributed by atoms with Crippen LogP contribution in [0.3, 0.4) is 0 Å². The lowest BCUT2D eigenvalue weighted by atomic mass is 9.30. The fourth-order valence-corrected chi connectivity index (χ4v) is 4.14. The van der Waals surface area contributed by atoms with Gasteiger partial charge in [0.1, 0.15) is 26.1 Å². The Kier molecular flexibility index (Phi) is 8.28. The summed E-state index contributed by atoms with van der Waals surface area (Å²) < 4.78 is 5.99. The Morgan fingerprint density at radius 1 is 0.926 bits per heavy atom. The number of nitrogens with two attached hydrogens (primary N) is 1. The van der Waals surface area contributed by atoms with E-state index in [1.165, 1.54) is 27.4 Å². The maximum absolute atomic E-state index is 12.1. The van der Waals surface area contributed by atoms with E-state index in [1.807, 2.05) is 27.7 Å². The predicted octanol–water partition coefficient (Wildman–Crippen LogP) is 5.12. The second-order valence-electron chi connectivity index (χ2n) is 12.3. The average Bonchev–Trinajstić information content (AvgIpc) is 2.45. The van der Waals surface area contributed by atoms with Gasteiger partial charge in [0.2, 0.25) is 0 Å². The monoisotopic (exact) mass is 377 g/mol. The summed E-state index contributed by atoms with van der Waals surface area (Å²) in [7, 11) is 2.62. The van der Waals surface area contributed by atoms with Crippen molar-refractivity contribution >= 4 is 20.3 Å². The number of hydrogen-bond acceptors (Lipinski definition) is 3. The van der Waals surface area contributed by atoms with Gasteiger partial charge in [-0.2, -0.15) is 0 Å². The van der Waals surface area contributed by atoms with Crippen LogP contribution in [0.1, 0.15) is 94.4 Å². The van der Waals surface area contributed by atoms with Gasteiger partial charge in [-0.3, -0.25) is 4.79 Å². The van der Waals surface area contributed by atoms with Gasteiger partial charge in [0.05, 0.1) is 0 Å². The quantitative estimate of drug-likeness (QED) is 0.425. The Hall–Kier alpha value is -0.280. The minimum Gasteiger partial charge on any atom is -0.361 e. The first kappa shape index (κ1) is 24.8. The standard InChI is InChI=1S/C22H45B2NO2/c1-19(2,3)18(26)12-13-22(9,25)27-15-14-21(7,8)24-17-11-10-16(17)23-20(4,5)6/h16-17,23-24H,10-15,25H2,1-9H3. The molecular formula is C22H45B2NO2. The van der Waals surface area contributed by atoms with Crippen LogP contribution in [0.5, 0.6) is 0 Å². The van der Waals surface area contributed by atoms with E-state index < -0.39 is 5.72 Å². The van der Waals surface area contributed by atoms with Crippen LogP contribution >= 0.6 is 0 Å². The topological polar surface area (TPSA) is 52.3 Å². The normalized spacial score (nSPS) is 23.3. The smallest absolute Gasteiger partial charge is 0.138 e. The second kappa shape index (κ2) is 9.03. The van der Waals surface area contributed by atoms with E-state index in [0.29, 0.717) is 24.8 Å². The van der Waals surface area contributed by atoms with Crippen LogP contribution in [0.4, 0.5) is 0 Å². The highest BCUT2D eigenvalue weighted by atomic mass is 16.5. The summed E-state index contributed by atoms with van der Waals surface area (Å²) in [6.45, 7) is 20.2. The number of carbonyl (C=O) groups excluding carboxylic acids is 1. The van der Waals surface area contributed by atoms with Crippen LogP contribution in [-0.4, -0.2) is 32.7 Å². The zero-order chi connectivity index (χ0) is 21.1. The number of carbonyl (C=O) groups is 1. The number of rotatable bonds is 10. The molecule has 1 aliphatic rings. The van der Waals surface area contributed by atoms with E-state index in [1.54, 1.807) is 0 Å². The van der Waals surface area contributed by atoms with Crippen molar-refractivity contribution in [2.45, 2.75) is 122 Å². The van der Waals surface area contributed by atoms with E-state index >= 15 is 0 Å². The van der Waals surface area contributed by atoms with Gasteiger partial charge in [0.25, 0.3) is 0 Å². The summed E-state index contributed by atoms with van der Waals surface area (Å²) in [5.41, 5.74) is 5.27. The van der Waals surface area contributed by atoms with Crippen LogP contribution in [-0.2, 0) is 9.53 Å². The molecule has 1 saturated carbocycles. The van der Waals surface area contributed by atoms with Crippen molar-refractivity contribution in [2.75, 3.05) is 6.61 Å². The van der Waals surface area contributed by atoms with Gasteiger partial charge in [0, 0.05) is 18.4 Å². The van der Waals surface area contributed by atoms with Gasteiger partial charge in [-0.15, -0.1) is 0 Å². The van der Waals surface area contributed by atoms with Crippen molar-refractivity contribution in [2.24, 2.45) is 11.1 Å². The second-order valence-corrected chi connectivity index (χ2v) is 12.3. The molecule has 0 bridgehead atoms. The van der Waals surface area contributed by atoms with Crippen molar-refractivity contribution in [3.8, 4) is 0 Å². The van der Waals surface area contributed by atoms with Gasteiger partial charge in [0.15, 0.2) is 0 Å². The molecule has 1 aliphatic carbocycles. The number of ether oxygens (including phenoxy) is 1. The maximum Gasteiger partial charge on any atom is 0.138 e. The highest BCUT2D eigenvalue weighted by molar-refractivity contribution is 6.49. The maximum atomic E-state index is 12.1. The third-order valence-corrected chi connectivity index (χ3v) is 6.16. The molecule has 0 aromatic rings. The largest absolute Gasteiger partial charge is 0.361 e. The molecule has 0 aromatic carbocycles. The van der Waals surface area contributed by atoms with E-state index in [-0.39, 0.29) is 16.5 Å². The molecule has 1 fully saturated rings. The molecule has 0 radical (unpaired) electrons. The van der Waals surface area contributed by atoms with Crippen LogP contribution < -0.4 is 5.73 Å². The zero-order valence-corrected chi connectivity index (χ0v) is 19.7. The van der Waals surface area contributed by atoms with Crippen molar-refractivity contribution in [1.29, 1.82) is 0 Å². The lowest BCUT2D eigenvalue weighted by Gasteiger charge is -2.43. The SMILES string of the molecule is CC(C)(C)BC1CCC1BC(C)(C)CCOC(C)(N)CCC(=O)C(C)(C)C. The van der Waals surface area contributed by atoms with Gasteiger partial charge in [-0.1, -0.05) is 90.5 Å². The predicted molar refractivity (Wildman–Crippen MR) is 122 cm³/mol. The lowest BCUT2D eigenvalue weighted by Crippen LogP contribution is -2.41. The van der Waals surface area contributed by atoms with Crippen LogP contribution in [0, 0.1) is 5.41 Å². The Bertz CT molecular complexity index is 490. The zero-order valence-electron chi connectivity index (χ0n) is 19.7. The molecule has 3 atom stereocenters. The molecule has 156 valence electrons. The molecule has 2 N–H and O–H groups in total. The van der Waals surface area contributed by atoms with Crippen LogP contribution in [0.25, 0.3) is 0 Å². The molecule has 3 unspecified atom stereocenters. The van der Waals surface area contributed by atoms with Gasteiger partial charge >= 0.3 is 0 Å². The van der Waals surface area contributed by atoms with Gasteiger partial charge in [-0.25, -0.2) is 0 Å². The molecule has 5 heteroatoms. The summed E-state index contributed by atoms with van der Waals surface area (Å²) in [4.78, 5) is 12.1. The number of hydrogen-bond donors (Lipinski definition) is 1. The molecule has 0 spiro atoms. The summed E-state index contributed by atoms with van der Waals surface area (Å²) in [5.74, 6) is 2.01. The molecule has 0 amide bonds. The summed E-state index contributed by atoms with van der Waals surface area (Å²) >= 11 is 0. The van der Waals surface area contributed by atoms with Gasteiger partial charge < -0.3 is 10.5 Å². The van der Waals surface area contributed by atoms with Crippen LogP contribution in [0.2, 0.25) is 22.3 Å². The first-order valence-corrected chi connectivity index (χ1v) is 11.0. The van der Waals surface area contributed by atoms with Crippen molar-refractivity contribution in [3.63, 3.8) is 0 Å². The van der Waals surface area contributed by atoms with E-state index in [2.05, 4.69) is 34.6 Å². The Morgan fingerprint density at radius 3 is 1.89 bits per heavy atom. The molecule has 27 heavy (non-hydrogen) atoms.